The third-order valence-corrected chi connectivity index (χ3v) is 6.63. The lowest BCUT2D eigenvalue weighted by Crippen LogP contribution is -2.41. The predicted octanol–water partition coefficient (Wildman–Crippen LogP) is 0.883. The first-order valence-electron chi connectivity index (χ1n) is 8.22. The van der Waals surface area contributed by atoms with Crippen molar-refractivity contribution in [1.82, 2.24) is 19.7 Å². The van der Waals surface area contributed by atoms with Crippen molar-refractivity contribution >= 4 is 15.7 Å². The summed E-state index contributed by atoms with van der Waals surface area (Å²) in [4.78, 5) is 18.7. The summed E-state index contributed by atoms with van der Waals surface area (Å²) in [5.41, 5.74) is 0. The Balaban J connectivity index is 1.62. The molecule has 0 bridgehead atoms. The minimum absolute atomic E-state index is 0.0109. The van der Waals surface area contributed by atoms with Crippen LogP contribution < -0.4 is 0 Å². The molecule has 1 aromatic heterocycles. The molecular formula is C15H24N4O3S. The van der Waals surface area contributed by atoms with Gasteiger partial charge < -0.3 is 4.90 Å². The highest BCUT2D eigenvalue weighted by atomic mass is 32.2. The molecule has 8 heteroatoms. The maximum atomic E-state index is 12.5. The predicted molar refractivity (Wildman–Crippen MR) is 85.7 cm³/mol. The minimum Gasteiger partial charge on any atom is -0.341 e. The summed E-state index contributed by atoms with van der Waals surface area (Å²) in [6, 6.07) is 0.168. The van der Waals surface area contributed by atoms with Crippen LogP contribution in [0.3, 0.4) is 0 Å². The quantitative estimate of drug-likeness (QED) is 0.815. The Morgan fingerprint density at radius 3 is 2.70 bits per heavy atom. The standard InChI is InChI=1S/C15H24N4O3S/c1-11-16-12(2)19(17-11)14-4-3-6-18(9-14)15(20)8-13-5-7-23(21,22)10-13/h13-14H,3-10H2,1-2H3. The summed E-state index contributed by atoms with van der Waals surface area (Å²) < 4.78 is 25.0. The minimum atomic E-state index is -2.92. The molecule has 0 aliphatic carbocycles. The number of hydrogen-bond donors (Lipinski definition) is 0. The summed E-state index contributed by atoms with van der Waals surface area (Å²) in [6.07, 6.45) is 2.90. The number of hydrogen-bond acceptors (Lipinski definition) is 5. The van der Waals surface area contributed by atoms with Crippen molar-refractivity contribution in [3.05, 3.63) is 11.6 Å². The number of sulfone groups is 1. The van der Waals surface area contributed by atoms with Gasteiger partial charge in [0.25, 0.3) is 0 Å². The second-order valence-electron chi connectivity index (χ2n) is 6.76. The number of likely N-dealkylation sites (tertiary alicyclic amines) is 1. The van der Waals surface area contributed by atoms with Crippen LogP contribution in [0.5, 0.6) is 0 Å². The highest BCUT2D eigenvalue weighted by molar-refractivity contribution is 7.91. The van der Waals surface area contributed by atoms with E-state index in [1.165, 1.54) is 0 Å². The Morgan fingerprint density at radius 2 is 2.09 bits per heavy atom. The monoisotopic (exact) mass is 340 g/mol. The van der Waals surface area contributed by atoms with Crippen LogP contribution in [0.4, 0.5) is 0 Å². The number of amides is 1. The highest BCUT2D eigenvalue weighted by Gasteiger charge is 2.32. The van der Waals surface area contributed by atoms with E-state index in [4.69, 9.17) is 0 Å². The smallest absolute Gasteiger partial charge is 0.222 e. The Labute approximate surface area is 137 Å². The number of carbonyl (C=O) groups is 1. The number of carbonyl (C=O) groups excluding carboxylic acids is 1. The maximum Gasteiger partial charge on any atom is 0.222 e. The number of aromatic nitrogens is 3. The van der Waals surface area contributed by atoms with Crippen molar-refractivity contribution in [1.29, 1.82) is 0 Å². The SMILES string of the molecule is Cc1nc(C)n(C2CCCN(C(=O)CC3CCS(=O)(=O)C3)C2)n1. The third kappa shape index (κ3) is 3.73. The molecule has 3 heterocycles. The zero-order chi connectivity index (χ0) is 16.6. The first-order chi connectivity index (χ1) is 10.8. The van der Waals surface area contributed by atoms with E-state index in [1.807, 2.05) is 23.4 Å². The lowest BCUT2D eigenvalue weighted by Gasteiger charge is -2.33. The fraction of sp³-hybridized carbons (Fsp3) is 0.800. The molecule has 3 rings (SSSR count). The Morgan fingerprint density at radius 1 is 1.30 bits per heavy atom. The lowest BCUT2D eigenvalue weighted by atomic mass is 10.0. The second-order valence-corrected chi connectivity index (χ2v) is 8.99. The number of aryl methyl sites for hydroxylation is 2. The fourth-order valence-corrected chi connectivity index (χ4v) is 5.53. The molecule has 0 N–H and O–H groups in total. The molecule has 0 saturated carbocycles. The van der Waals surface area contributed by atoms with Gasteiger partial charge in [0.15, 0.2) is 9.84 Å². The van der Waals surface area contributed by atoms with Crippen LogP contribution in [-0.2, 0) is 14.6 Å². The number of piperidine rings is 1. The summed E-state index contributed by atoms with van der Waals surface area (Å²) in [6.45, 7) is 5.20. The molecule has 2 aliphatic heterocycles. The van der Waals surface area contributed by atoms with Crippen LogP contribution in [0.1, 0.15) is 43.4 Å². The molecule has 7 nitrogen and oxygen atoms in total. The molecule has 0 aromatic carbocycles. The van der Waals surface area contributed by atoms with E-state index in [-0.39, 0.29) is 29.4 Å². The molecule has 0 radical (unpaired) electrons. The van der Waals surface area contributed by atoms with Crippen LogP contribution in [0.25, 0.3) is 0 Å². The molecule has 23 heavy (non-hydrogen) atoms. The molecular weight excluding hydrogens is 316 g/mol. The summed E-state index contributed by atoms with van der Waals surface area (Å²) >= 11 is 0. The van der Waals surface area contributed by atoms with Crippen molar-refractivity contribution in [2.45, 2.75) is 45.6 Å². The molecule has 128 valence electrons. The topological polar surface area (TPSA) is 85.2 Å². The maximum absolute atomic E-state index is 12.5. The molecule has 2 atom stereocenters. The van der Waals surface area contributed by atoms with Gasteiger partial charge in [-0.3, -0.25) is 4.79 Å². The van der Waals surface area contributed by atoms with Crippen LogP contribution >= 0.6 is 0 Å². The van der Waals surface area contributed by atoms with E-state index in [2.05, 4.69) is 10.1 Å². The Hall–Kier alpha value is -1.44. The summed E-state index contributed by atoms with van der Waals surface area (Å²) in [5, 5.41) is 4.44. The molecule has 1 aromatic rings. The van der Waals surface area contributed by atoms with Crippen LogP contribution in [0, 0.1) is 19.8 Å². The van der Waals surface area contributed by atoms with E-state index in [0.29, 0.717) is 19.4 Å². The number of rotatable bonds is 3. The van der Waals surface area contributed by atoms with E-state index in [1.54, 1.807) is 0 Å². The van der Waals surface area contributed by atoms with Crippen LogP contribution in [0.2, 0.25) is 0 Å². The Kier molecular flexibility index (Phi) is 4.44. The lowest BCUT2D eigenvalue weighted by molar-refractivity contribution is -0.133. The van der Waals surface area contributed by atoms with Gasteiger partial charge >= 0.3 is 0 Å². The van der Waals surface area contributed by atoms with Gasteiger partial charge in [0.1, 0.15) is 11.6 Å². The average Bonchev–Trinajstić information content (AvgIpc) is 3.00. The molecule has 2 fully saturated rings. The van der Waals surface area contributed by atoms with Gasteiger partial charge in [-0.25, -0.2) is 18.1 Å². The van der Waals surface area contributed by atoms with E-state index in [0.717, 1.165) is 31.0 Å². The van der Waals surface area contributed by atoms with Crippen molar-refractivity contribution in [2.24, 2.45) is 5.92 Å². The van der Waals surface area contributed by atoms with Crippen molar-refractivity contribution in [2.75, 3.05) is 24.6 Å². The van der Waals surface area contributed by atoms with E-state index in [9.17, 15) is 13.2 Å². The van der Waals surface area contributed by atoms with Gasteiger partial charge in [-0.05, 0) is 39.0 Å². The van der Waals surface area contributed by atoms with Crippen molar-refractivity contribution < 1.29 is 13.2 Å². The molecule has 0 spiro atoms. The number of nitrogens with zero attached hydrogens (tertiary/aromatic N) is 4. The van der Waals surface area contributed by atoms with Crippen molar-refractivity contribution in [3.8, 4) is 0 Å². The van der Waals surface area contributed by atoms with E-state index >= 15 is 0 Å². The molecule has 2 saturated heterocycles. The van der Waals surface area contributed by atoms with Gasteiger partial charge in [-0.15, -0.1) is 0 Å². The van der Waals surface area contributed by atoms with Crippen LogP contribution in [-0.4, -0.2) is 58.6 Å². The molecule has 2 aliphatic rings. The van der Waals surface area contributed by atoms with Crippen molar-refractivity contribution in [3.63, 3.8) is 0 Å². The van der Waals surface area contributed by atoms with Crippen LogP contribution in [0.15, 0.2) is 0 Å². The zero-order valence-corrected chi connectivity index (χ0v) is 14.5. The molecule has 2 unspecified atom stereocenters. The average molecular weight is 340 g/mol. The summed E-state index contributed by atoms with van der Waals surface area (Å²) in [5.74, 6) is 2.09. The first kappa shape index (κ1) is 16.4. The largest absolute Gasteiger partial charge is 0.341 e. The van der Waals surface area contributed by atoms with Gasteiger partial charge in [0, 0.05) is 19.5 Å². The molecule has 1 amide bonds. The third-order valence-electron chi connectivity index (χ3n) is 4.79. The highest BCUT2D eigenvalue weighted by Crippen LogP contribution is 2.26. The fourth-order valence-electron chi connectivity index (χ4n) is 3.67. The van der Waals surface area contributed by atoms with Gasteiger partial charge in [0.05, 0.1) is 17.5 Å². The van der Waals surface area contributed by atoms with E-state index < -0.39 is 9.84 Å². The normalized spacial score (nSPS) is 27.3. The second kappa shape index (κ2) is 6.22. The summed E-state index contributed by atoms with van der Waals surface area (Å²) in [7, 11) is -2.92. The zero-order valence-electron chi connectivity index (χ0n) is 13.7. The Bertz CT molecular complexity index is 698. The van der Waals surface area contributed by atoms with Gasteiger partial charge in [-0.2, -0.15) is 5.10 Å². The van der Waals surface area contributed by atoms with Gasteiger partial charge in [0.2, 0.25) is 5.91 Å². The van der Waals surface area contributed by atoms with Gasteiger partial charge in [-0.1, -0.05) is 0 Å². The first-order valence-corrected chi connectivity index (χ1v) is 10.0.